The number of benzene rings is 1. The molecule has 4 nitrogen and oxygen atoms in total. The molecule has 0 radical (unpaired) electrons. The summed E-state index contributed by atoms with van der Waals surface area (Å²) < 4.78 is 28.4. The van der Waals surface area contributed by atoms with Crippen LogP contribution in [0.3, 0.4) is 0 Å². The van der Waals surface area contributed by atoms with Crippen LogP contribution in [0, 0.1) is 0 Å². The minimum atomic E-state index is -2.82. The summed E-state index contributed by atoms with van der Waals surface area (Å²) in [6.45, 7) is 4.87. The van der Waals surface area contributed by atoms with Gasteiger partial charge < -0.3 is 10.1 Å². The fraction of sp³-hybridized carbons (Fsp3) is 0.600. The van der Waals surface area contributed by atoms with Gasteiger partial charge in [-0.15, -0.1) is 0 Å². The highest BCUT2D eigenvalue weighted by molar-refractivity contribution is 7.91. The highest BCUT2D eigenvalue weighted by Crippen LogP contribution is 2.20. The molecule has 2 rings (SSSR count). The first-order chi connectivity index (χ1) is 9.50. The van der Waals surface area contributed by atoms with Crippen LogP contribution in [0.15, 0.2) is 24.3 Å². The van der Waals surface area contributed by atoms with E-state index in [4.69, 9.17) is 4.74 Å². The van der Waals surface area contributed by atoms with Crippen molar-refractivity contribution >= 4 is 9.84 Å². The molecule has 1 aliphatic rings. The van der Waals surface area contributed by atoms with Crippen molar-refractivity contribution in [2.75, 3.05) is 18.1 Å². The van der Waals surface area contributed by atoms with Gasteiger partial charge in [-0.1, -0.05) is 19.1 Å². The molecule has 20 heavy (non-hydrogen) atoms. The van der Waals surface area contributed by atoms with E-state index in [-0.39, 0.29) is 17.8 Å². The van der Waals surface area contributed by atoms with Gasteiger partial charge in [0.25, 0.3) is 0 Å². The Morgan fingerprint density at radius 1 is 1.35 bits per heavy atom. The first-order valence-electron chi connectivity index (χ1n) is 7.19. The first-order valence-corrected chi connectivity index (χ1v) is 9.01. The van der Waals surface area contributed by atoms with Crippen molar-refractivity contribution in [2.45, 2.75) is 38.8 Å². The van der Waals surface area contributed by atoms with Crippen molar-refractivity contribution in [1.29, 1.82) is 0 Å². The van der Waals surface area contributed by atoms with Crippen molar-refractivity contribution in [3.05, 3.63) is 29.8 Å². The third-order valence-electron chi connectivity index (χ3n) is 3.57. The van der Waals surface area contributed by atoms with Crippen LogP contribution in [-0.2, 0) is 9.84 Å². The van der Waals surface area contributed by atoms with E-state index in [0.717, 1.165) is 24.3 Å². The summed E-state index contributed by atoms with van der Waals surface area (Å²) in [6, 6.07) is 8.22. The van der Waals surface area contributed by atoms with Crippen LogP contribution >= 0.6 is 0 Å². The highest BCUT2D eigenvalue weighted by Gasteiger charge is 2.28. The molecule has 2 unspecified atom stereocenters. The lowest BCUT2D eigenvalue weighted by atomic mass is 10.1. The Bertz CT molecular complexity index is 525. The van der Waals surface area contributed by atoms with E-state index >= 15 is 0 Å². The van der Waals surface area contributed by atoms with Crippen molar-refractivity contribution < 1.29 is 13.2 Å². The molecule has 0 aromatic heterocycles. The van der Waals surface area contributed by atoms with Crippen LogP contribution in [0.1, 0.15) is 38.3 Å². The second-order valence-corrected chi connectivity index (χ2v) is 7.63. The van der Waals surface area contributed by atoms with Crippen molar-refractivity contribution in [3.8, 4) is 5.75 Å². The van der Waals surface area contributed by atoms with Crippen LogP contribution < -0.4 is 10.1 Å². The van der Waals surface area contributed by atoms with Crippen LogP contribution in [0.25, 0.3) is 0 Å². The standard InChI is InChI=1S/C15H23NO3S/c1-3-9-19-15-6-4-13(5-7-15)12(2)16-14-8-10-20(17,18)11-14/h4-7,12,14,16H,3,8-11H2,1-2H3. The summed E-state index contributed by atoms with van der Waals surface area (Å²) in [5.74, 6) is 1.45. The smallest absolute Gasteiger partial charge is 0.151 e. The number of sulfone groups is 1. The summed E-state index contributed by atoms with van der Waals surface area (Å²) >= 11 is 0. The minimum Gasteiger partial charge on any atom is -0.494 e. The number of hydrogen-bond acceptors (Lipinski definition) is 4. The maximum absolute atomic E-state index is 11.4. The highest BCUT2D eigenvalue weighted by atomic mass is 32.2. The Kier molecular flexibility index (Phi) is 5.05. The van der Waals surface area contributed by atoms with Gasteiger partial charge >= 0.3 is 0 Å². The van der Waals surface area contributed by atoms with Gasteiger partial charge in [0.15, 0.2) is 9.84 Å². The molecule has 1 heterocycles. The normalized spacial score (nSPS) is 22.6. The molecule has 0 saturated carbocycles. The summed E-state index contributed by atoms with van der Waals surface area (Å²) in [5, 5.41) is 3.39. The molecule has 1 aromatic carbocycles. The Balaban J connectivity index is 1.90. The lowest BCUT2D eigenvalue weighted by Crippen LogP contribution is -2.32. The molecule has 1 aromatic rings. The quantitative estimate of drug-likeness (QED) is 0.875. The molecule has 1 fully saturated rings. The van der Waals surface area contributed by atoms with Gasteiger partial charge in [0.1, 0.15) is 5.75 Å². The van der Waals surface area contributed by atoms with E-state index in [1.165, 1.54) is 0 Å². The van der Waals surface area contributed by atoms with Gasteiger partial charge in [0.05, 0.1) is 18.1 Å². The Morgan fingerprint density at radius 3 is 2.60 bits per heavy atom. The summed E-state index contributed by atoms with van der Waals surface area (Å²) in [7, 11) is -2.82. The van der Waals surface area contributed by atoms with Gasteiger partial charge in [0.2, 0.25) is 0 Å². The Hall–Kier alpha value is -1.07. The summed E-state index contributed by atoms with van der Waals surface area (Å²) in [5.41, 5.74) is 1.15. The van der Waals surface area contributed by atoms with Crippen molar-refractivity contribution in [3.63, 3.8) is 0 Å². The zero-order valence-corrected chi connectivity index (χ0v) is 12.9. The van der Waals surface area contributed by atoms with Crippen LogP contribution in [0.2, 0.25) is 0 Å². The summed E-state index contributed by atoms with van der Waals surface area (Å²) in [6.07, 6.45) is 1.71. The predicted molar refractivity (Wildman–Crippen MR) is 80.8 cm³/mol. The lowest BCUT2D eigenvalue weighted by Gasteiger charge is -2.19. The molecule has 2 atom stereocenters. The first kappa shape index (κ1) is 15.3. The Morgan fingerprint density at radius 2 is 2.05 bits per heavy atom. The third kappa shape index (κ3) is 4.21. The lowest BCUT2D eigenvalue weighted by molar-refractivity contribution is 0.317. The molecule has 112 valence electrons. The minimum absolute atomic E-state index is 0.0750. The average molecular weight is 297 g/mol. The van der Waals surface area contributed by atoms with Gasteiger partial charge in [-0.25, -0.2) is 8.42 Å². The number of hydrogen-bond donors (Lipinski definition) is 1. The molecule has 1 N–H and O–H groups in total. The largest absolute Gasteiger partial charge is 0.494 e. The van der Waals surface area contributed by atoms with Gasteiger partial charge in [-0.05, 0) is 37.5 Å². The molecule has 1 saturated heterocycles. The van der Waals surface area contributed by atoms with Gasteiger partial charge in [-0.2, -0.15) is 0 Å². The number of nitrogens with one attached hydrogen (secondary N) is 1. The second-order valence-electron chi connectivity index (χ2n) is 5.41. The van der Waals surface area contributed by atoms with Crippen molar-refractivity contribution in [2.24, 2.45) is 0 Å². The molecule has 0 amide bonds. The zero-order valence-electron chi connectivity index (χ0n) is 12.1. The third-order valence-corrected chi connectivity index (χ3v) is 5.34. The monoisotopic (exact) mass is 297 g/mol. The molecule has 0 bridgehead atoms. The van der Waals surface area contributed by atoms with E-state index < -0.39 is 9.84 Å². The summed E-state index contributed by atoms with van der Waals surface area (Å²) in [4.78, 5) is 0. The fourth-order valence-corrected chi connectivity index (χ4v) is 4.14. The molecule has 0 spiro atoms. The zero-order chi connectivity index (χ0) is 14.6. The molecule has 1 aliphatic heterocycles. The van der Waals surface area contributed by atoms with E-state index in [2.05, 4.69) is 19.2 Å². The molecule has 5 heteroatoms. The van der Waals surface area contributed by atoms with E-state index in [0.29, 0.717) is 12.2 Å². The topological polar surface area (TPSA) is 55.4 Å². The van der Waals surface area contributed by atoms with E-state index in [1.54, 1.807) is 0 Å². The van der Waals surface area contributed by atoms with Gasteiger partial charge in [-0.3, -0.25) is 0 Å². The Labute approximate surface area is 121 Å². The molecule has 0 aliphatic carbocycles. The number of rotatable bonds is 6. The second kappa shape index (κ2) is 6.59. The van der Waals surface area contributed by atoms with Crippen molar-refractivity contribution in [1.82, 2.24) is 5.32 Å². The van der Waals surface area contributed by atoms with Gasteiger partial charge in [0, 0.05) is 12.1 Å². The molecular formula is C15H23NO3S. The van der Waals surface area contributed by atoms with Crippen LogP contribution in [0.5, 0.6) is 5.75 Å². The average Bonchev–Trinajstić information content (AvgIpc) is 2.76. The van der Waals surface area contributed by atoms with E-state index in [9.17, 15) is 8.42 Å². The van der Waals surface area contributed by atoms with Crippen LogP contribution in [-0.4, -0.2) is 32.6 Å². The van der Waals surface area contributed by atoms with Crippen LogP contribution in [0.4, 0.5) is 0 Å². The maximum Gasteiger partial charge on any atom is 0.151 e. The maximum atomic E-state index is 11.4. The number of ether oxygens (including phenoxy) is 1. The molecular weight excluding hydrogens is 274 g/mol. The van der Waals surface area contributed by atoms with E-state index in [1.807, 2.05) is 24.3 Å². The predicted octanol–water partition coefficient (Wildman–Crippen LogP) is 2.31. The fourth-order valence-electron chi connectivity index (χ4n) is 2.45. The SMILES string of the molecule is CCCOc1ccc(C(C)NC2CCS(=O)(=O)C2)cc1.